The summed E-state index contributed by atoms with van der Waals surface area (Å²) < 4.78 is 0. The van der Waals surface area contributed by atoms with Gasteiger partial charge in [-0.05, 0) is 77.0 Å². The summed E-state index contributed by atoms with van der Waals surface area (Å²) in [4.78, 5) is 20.4. The number of allylic oxidation sites excluding steroid dienone is 2. The molecule has 0 spiro atoms. The van der Waals surface area contributed by atoms with Gasteiger partial charge in [0.1, 0.15) is 0 Å². The van der Waals surface area contributed by atoms with E-state index >= 15 is 0 Å². The number of carbonyl (C=O) groups is 2. The second-order valence-corrected chi connectivity index (χ2v) is 11.8. The zero-order valence-electron chi connectivity index (χ0n) is 28.1. The van der Waals surface area contributed by atoms with E-state index in [0.29, 0.717) is 0 Å². The fourth-order valence-corrected chi connectivity index (χ4v) is 4.72. The van der Waals surface area contributed by atoms with Crippen molar-refractivity contribution in [3.63, 3.8) is 0 Å². The maximum atomic E-state index is 10.2. The van der Waals surface area contributed by atoms with Crippen molar-refractivity contribution in [1.82, 2.24) is 0 Å². The summed E-state index contributed by atoms with van der Waals surface area (Å²) in [5, 5.41) is 40.0. The monoisotopic (exact) mass is 732 g/mol. The summed E-state index contributed by atoms with van der Waals surface area (Å²) in [5.74, 6) is -1.88. The summed E-state index contributed by atoms with van der Waals surface area (Å²) in [5.41, 5.74) is 0. The average molecular weight is 732 g/mol. The number of aliphatic hydroxyl groups is 2. The van der Waals surface area contributed by atoms with Gasteiger partial charge in [0.25, 0.3) is 0 Å². The molecule has 0 saturated heterocycles. The van der Waals surface area contributed by atoms with Crippen LogP contribution >= 0.6 is 0 Å². The van der Waals surface area contributed by atoms with E-state index in [0.717, 1.165) is 116 Å². The van der Waals surface area contributed by atoms with E-state index in [1.165, 1.54) is 38.5 Å². The van der Waals surface area contributed by atoms with Crippen molar-refractivity contribution in [2.45, 2.75) is 193 Å². The number of aliphatic hydroxyl groups excluding tert-OH is 2. The normalized spacial score (nSPS) is 12.6. The Morgan fingerprint density at radius 2 is 0.837 bits per heavy atom. The van der Waals surface area contributed by atoms with Gasteiger partial charge in [0.2, 0.25) is 0 Å². The van der Waals surface area contributed by atoms with Crippen LogP contribution < -0.4 is 10.2 Å². The number of hydrogen-bond acceptors (Lipinski definition) is 6. The van der Waals surface area contributed by atoms with Gasteiger partial charge in [0.05, 0.1) is 12.2 Å². The third-order valence-corrected chi connectivity index (χ3v) is 7.43. The molecule has 0 heterocycles. The Kier molecular flexibility index (Phi) is 43.9. The molecule has 0 aliphatic rings. The minimum Gasteiger partial charge on any atom is -0.550 e. The number of rotatable bonds is 30. The molecule has 248 valence electrons. The van der Waals surface area contributed by atoms with E-state index in [4.69, 9.17) is 0 Å². The first-order chi connectivity index (χ1) is 20.3. The minimum absolute atomic E-state index is 0. The van der Waals surface area contributed by atoms with Crippen LogP contribution in [0.4, 0.5) is 0 Å². The molecule has 2 N–H and O–H groups in total. The molecule has 6 nitrogen and oxygen atoms in total. The summed E-state index contributed by atoms with van der Waals surface area (Å²) in [7, 11) is 0. The maximum absolute atomic E-state index is 10.2. The van der Waals surface area contributed by atoms with Crippen LogP contribution in [0.1, 0.15) is 181 Å². The van der Waals surface area contributed by atoms with Crippen molar-refractivity contribution in [3.05, 3.63) is 24.3 Å². The first-order valence-electron chi connectivity index (χ1n) is 17.4. The van der Waals surface area contributed by atoms with Gasteiger partial charge in [-0.2, -0.15) is 0 Å². The molecular weight excluding hydrogens is 666 g/mol. The SMILES string of the molecule is CCCCCCC(O)CC=CCCCCCCCC(=O)[O-].CCCCCCC(O)CC=CCCCCCCCC(=O)[O-].[Ba+2]. The average Bonchev–Trinajstić information content (AvgIpc) is 2.95. The van der Waals surface area contributed by atoms with Gasteiger partial charge in [-0.1, -0.05) is 128 Å². The van der Waals surface area contributed by atoms with Gasteiger partial charge in [0.15, 0.2) is 0 Å². The quantitative estimate of drug-likeness (QED) is 0.0462. The van der Waals surface area contributed by atoms with Gasteiger partial charge in [0, 0.05) is 11.9 Å². The molecule has 0 bridgehead atoms. The number of hydrogen-bond donors (Lipinski definition) is 2. The van der Waals surface area contributed by atoms with Crippen LogP contribution in [0.2, 0.25) is 0 Å². The molecule has 0 rings (SSSR count). The Labute approximate surface area is 305 Å². The molecule has 43 heavy (non-hydrogen) atoms. The first-order valence-corrected chi connectivity index (χ1v) is 17.4. The molecule has 7 heteroatoms. The molecule has 0 aromatic carbocycles. The minimum atomic E-state index is -0.939. The Morgan fingerprint density at radius 1 is 0.512 bits per heavy atom. The Balaban J connectivity index is -0.000000727. The second-order valence-electron chi connectivity index (χ2n) is 11.8. The van der Waals surface area contributed by atoms with Gasteiger partial charge < -0.3 is 30.0 Å². The number of carbonyl (C=O) groups excluding carboxylic acids is 2. The molecule has 0 fully saturated rings. The zero-order chi connectivity index (χ0) is 31.5. The van der Waals surface area contributed by atoms with Crippen molar-refractivity contribution in [2.75, 3.05) is 0 Å². The fourth-order valence-electron chi connectivity index (χ4n) is 4.72. The Hall–Kier alpha value is -0.0886. The predicted octanol–water partition coefficient (Wildman–Crippen LogP) is 7.11. The molecule has 0 saturated carbocycles. The Morgan fingerprint density at radius 3 is 1.19 bits per heavy atom. The summed E-state index contributed by atoms with van der Waals surface area (Å²) in [6.45, 7) is 4.39. The summed E-state index contributed by atoms with van der Waals surface area (Å²) in [6.07, 6.45) is 34.0. The van der Waals surface area contributed by atoms with E-state index < -0.39 is 11.9 Å². The molecule has 0 aromatic rings. The van der Waals surface area contributed by atoms with Gasteiger partial charge in [-0.25, -0.2) is 0 Å². The third-order valence-electron chi connectivity index (χ3n) is 7.43. The van der Waals surface area contributed by atoms with Crippen molar-refractivity contribution in [1.29, 1.82) is 0 Å². The van der Waals surface area contributed by atoms with E-state index in [9.17, 15) is 30.0 Å². The van der Waals surface area contributed by atoms with Crippen LogP contribution in [0.3, 0.4) is 0 Å². The predicted molar refractivity (Wildman–Crippen MR) is 177 cm³/mol. The standard InChI is InChI=1S/2C18H34O3.Ba/c2*1-2-3-4-11-14-17(19)15-12-9-7-5-6-8-10-13-16-18(20)21;/h2*9,12,17,19H,2-8,10-11,13-16H2,1H3,(H,20,21);/q;;+2/p-2. The van der Waals surface area contributed by atoms with E-state index in [1.807, 2.05) is 0 Å². The molecule has 0 aliphatic heterocycles. The molecule has 0 radical (unpaired) electrons. The van der Waals surface area contributed by atoms with Gasteiger partial charge in [-0.15, -0.1) is 0 Å². The van der Waals surface area contributed by atoms with Crippen molar-refractivity contribution in [3.8, 4) is 0 Å². The molecule has 2 unspecified atom stereocenters. The van der Waals surface area contributed by atoms with Crippen molar-refractivity contribution in [2.24, 2.45) is 0 Å². The first kappa shape index (κ1) is 47.3. The molecule has 0 amide bonds. The van der Waals surface area contributed by atoms with Crippen LogP contribution in [-0.4, -0.2) is 83.2 Å². The number of unbranched alkanes of at least 4 members (excludes halogenated alkanes) is 16. The second kappa shape index (κ2) is 39.9. The van der Waals surface area contributed by atoms with E-state index in [2.05, 4.69) is 38.2 Å². The van der Waals surface area contributed by atoms with Crippen molar-refractivity contribution < 1.29 is 30.0 Å². The fraction of sp³-hybridized carbons (Fsp3) is 0.833. The molecule has 0 aromatic heterocycles. The topological polar surface area (TPSA) is 121 Å². The van der Waals surface area contributed by atoms with Crippen LogP contribution in [0.25, 0.3) is 0 Å². The van der Waals surface area contributed by atoms with Crippen LogP contribution in [0, 0.1) is 0 Å². The number of aliphatic carboxylic acids is 2. The molecule has 2 atom stereocenters. The van der Waals surface area contributed by atoms with Crippen LogP contribution in [0.5, 0.6) is 0 Å². The van der Waals surface area contributed by atoms with Crippen molar-refractivity contribution >= 4 is 60.8 Å². The number of carboxylic acid groups (broad SMARTS) is 2. The molecular formula is C36H66BaO6. The third kappa shape index (κ3) is 46.5. The largest absolute Gasteiger partial charge is 2.00 e. The Bertz CT molecular complexity index is 583. The van der Waals surface area contributed by atoms with Gasteiger partial charge in [-0.3, -0.25) is 0 Å². The number of carboxylic acids is 2. The van der Waals surface area contributed by atoms with E-state index in [-0.39, 0.29) is 73.9 Å². The smallest absolute Gasteiger partial charge is 0.550 e. The molecule has 0 aliphatic carbocycles. The van der Waals surface area contributed by atoms with Crippen LogP contribution in [-0.2, 0) is 9.59 Å². The summed E-state index contributed by atoms with van der Waals surface area (Å²) in [6, 6.07) is 0. The van der Waals surface area contributed by atoms with Crippen LogP contribution in [0.15, 0.2) is 24.3 Å². The maximum Gasteiger partial charge on any atom is 2.00 e. The zero-order valence-corrected chi connectivity index (χ0v) is 32.5. The van der Waals surface area contributed by atoms with Gasteiger partial charge >= 0.3 is 48.9 Å². The summed E-state index contributed by atoms with van der Waals surface area (Å²) >= 11 is 0. The van der Waals surface area contributed by atoms with E-state index in [1.54, 1.807) is 0 Å².